The molecule has 2 rings (SSSR count). The quantitative estimate of drug-likeness (QED) is 0.632. The highest BCUT2D eigenvalue weighted by Crippen LogP contribution is 2.20. The van der Waals surface area contributed by atoms with Crippen molar-refractivity contribution in [3.05, 3.63) is 30.1 Å². The Balaban J connectivity index is 1.88. The first-order chi connectivity index (χ1) is 10.3. The fourth-order valence-electron chi connectivity index (χ4n) is 2.22. The minimum absolute atomic E-state index is 0.224. The number of hydrogen-bond acceptors (Lipinski definition) is 3. The van der Waals surface area contributed by atoms with Crippen LogP contribution in [0.1, 0.15) is 6.42 Å². The number of hydrogen-bond donors (Lipinski definition) is 0. The first-order valence-electron chi connectivity index (χ1n) is 6.65. The van der Waals surface area contributed by atoms with E-state index in [1.54, 1.807) is 12.1 Å². The SMILES string of the molecule is O=C(CC(=O)C(F)(F)F)N1CCN(c2ccc(F)cc2)CC1. The second-order valence-electron chi connectivity index (χ2n) is 4.94. The van der Waals surface area contributed by atoms with E-state index < -0.39 is 24.3 Å². The standard InChI is InChI=1S/C14H14F4N2O2/c15-10-1-3-11(4-2-10)19-5-7-20(8-6-19)13(22)9-12(21)14(16,17)18/h1-4H,5-9H2. The Morgan fingerprint density at radius 1 is 1.00 bits per heavy atom. The lowest BCUT2D eigenvalue weighted by Gasteiger charge is -2.36. The normalized spacial score (nSPS) is 15.8. The van der Waals surface area contributed by atoms with Crippen molar-refractivity contribution in [1.82, 2.24) is 4.90 Å². The molecule has 0 N–H and O–H groups in total. The zero-order chi connectivity index (χ0) is 16.3. The Morgan fingerprint density at radius 3 is 2.05 bits per heavy atom. The lowest BCUT2D eigenvalue weighted by Crippen LogP contribution is -2.49. The number of anilines is 1. The molecule has 1 saturated heterocycles. The highest BCUT2D eigenvalue weighted by atomic mass is 19.4. The summed E-state index contributed by atoms with van der Waals surface area (Å²) in [5.41, 5.74) is 0.778. The van der Waals surface area contributed by atoms with Crippen molar-refractivity contribution >= 4 is 17.4 Å². The van der Waals surface area contributed by atoms with Gasteiger partial charge in [0.25, 0.3) is 0 Å². The van der Waals surface area contributed by atoms with E-state index in [1.165, 1.54) is 17.0 Å². The van der Waals surface area contributed by atoms with Crippen LogP contribution in [0, 0.1) is 5.82 Å². The first-order valence-corrected chi connectivity index (χ1v) is 6.65. The molecule has 4 nitrogen and oxygen atoms in total. The summed E-state index contributed by atoms with van der Waals surface area (Å²) in [5.74, 6) is -3.21. The number of rotatable bonds is 3. The summed E-state index contributed by atoms with van der Waals surface area (Å²) in [6.45, 7) is 1.28. The first kappa shape index (κ1) is 16.3. The lowest BCUT2D eigenvalue weighted by atomic mass is 10.2. The number of ketones is 1. The van der Waals surface area contributed by atoms with Gasteiger partial charge in [0.2, 0.25) is 11.7 Å². The van der Waals surface area contributed by atoms with Gasteiger partial charge in [0.05, 0.1) is 6.42 Å². The van der Waals surface area contributed by atoms with E-state index in [4.69, 9.17) is 0 Å². The number of Topliss-reactive ketones (excluding diaryl/α,β-unsaturated/α-hetero) is 1. The third kappa shape index (κ3) is 3.96. The maximum Gasteiger partial charge on any atom is 0.450 e. The Morgan fingerprint density at radius 2 is 1.55 bits per heavy atom. The van der Waals surface area contributed by atoms with E-state index in [9.17, 15) is 27.2 Å². The summed E-state index contributed by atoms with van der Waals surface area (Å²) in [6.07, 6.45) is -6.13. The average Bonchev–Trinajstić information content (AvgIpc) is 2.47. The van der Waals surface area contributed by atoms with Crippen LogP contribution in [-0.4, -0.2) is 48.9 Å². The topological polar surface area (TPSA) is 40.6 Å². The molecule has 0 aromatic heterocycles. The summed E-state index contributed by atoms with van der Waals surface area (Å²) in [6, 6.07) is 5.82. The molecular weight excluding hydrogens is 304 g/mol. The van der Waals surface area contributed by atoms with Gasteiger partial charge in [-0.3, -0.25) is 9.59 Å². The predicted octanol–water partition coefficient (Wildman–Crippen LogP) is 2.00. The van der Waals surface area contributed by atoms with Gasteiger partial charge in [-0.2, -0.15) is 13.2 Å². The fraction of sp³-hybridized carbons (Fsp3) is 0.429. The Bertz CT molecular complexity index is 549. The number of nitrogens with zero attached hydrogens (tertiary/aromatic N) is 2. The second-order valence-corrected chi connectivity index (χ2v) is 4.94. The molecule has 1 aliphatic heterocycles. The molecule has 0 aliphatic carbocycles. The smallest absolute Gasteiger partial charge is 0.368 e. The third-order valence-electron chi connectivity index (χ3n) is 3.45. The molecule has 120 valence electrons. The molecule has 1 fully saturated rings. The highest BCUT2D eigenvalue weighted by Gasteiger charge is 2.40. The van der Waals surface area contributed by atoms with Crippen LogP contribution in [0.2, 0.25) is 0 Å². The van der Waals surface area contributed by atoms with Crippen molar-refractivity contribution in [2.75, 3.05) is 31.1 Å². The molecule has 0 bridgehead atoms. The summed E-state index contributed by atoms with van der Waals surface area (Å²) in [7, 11) is 0. The molecule has 0 radical (unpaired) electrons. The second kappa shape index (κ2) is 6.33. The van der Waals surface area contributed by atoms with E-state index in [2.05, 4.69) is 0 Å². The minimum Gasteiger partial charge on any atom is -0.368 e. The zero-order valence-corrected chi connectivity index (χ0v) is 11.6. The number of benzene rings is 1. The third-order valence-corrected chi connectivity index (χ3v) is 3.45. The number of amides is 1. The summed E-state index contributed by atoms with van der Waals surface area (Å²) in [5, 5.41) is 0. The molecule has 0 spiro atoms. The van der Waals surface area contributed by atoms with Gasteiger partial charge in [0.1, 0.15) is 5.82 Å². The number of carbonyl (C=O) groups excluding carboxylic acids is 2. The van der Waals surface area contributed by atoms with Gasteiger partial charge >= 0.3 is 6.18 Å². The molecule has 1 aromatic carbocycles. The molecule has 0 saturated carbocycles. The molecule has 0 atom stereocenters. The molecule has 1 heterocycles. The number of piperazine rings is 1. The average molecular weight is 318 g/mol. The largest absolute Gasteiger partial charge is 0.450 e. The van der Waals surface area contributed by atoms with Gasteiger partial charge in [-0.25, -0.2) is 4.39 Å². The highest BCUT2D eigenvalue weighted by molar-refractivity contribution is 6.00. The van der Waals surface area contributed by atoms with E-state index in [-0.39, 0.29) is 18.9 Å². The monoisotopic (exact) mass is 318 g/mol. The predicted molar refractivity (Wildman–Crippen MR) is 70.9 cm³/mol. The number of carbonyl (C=O) groups is 2. The van der Waals surface area contributed by atoms with E-state index >= 15 is 0 Å². The van der Waals surface area contributed by atoms with Gasteiger partial charge in [0.15, 0.2) is 0 Å². The van der Waals surface area contributed by atoms with Crippen molar-refractivity contribution in [1.29, 1.82) is 0 Å². The molecule has 0 unspecified atom stereocenters. The van der Waals surface area contributed by atoms with Gasteiger partial charge < -0.3 is 9.80 Å². The molecule has 1 amide bonds. The molecule has 1 aliphatic rings. The van der Waals surface area contributed by atoms with E-state index in [1.807, 2.05) is 4.90 Å². The van der Waals surface area contributed by atoms with Crippen LogP contribution in [0.25, 0.3) is 0 Å². The number of halogens is 4. The lowest BCUT2D eigenvalue weighted by molar-refractivity contribution is -0.173. The fourth-order valence-corrected chi connectivity index (χ4v) is 2.22. The molecule has 1 aromatic rings. The zero-order valence-electron chi connectivity index (χ0n) is 11.6. The van der Waals surface area contributed by atoms with Crippen molar-refractivity contribution in [3.63, 3.8) is 0 Å². The van der Waals surface area contributed by atoms with Crippen molar-refractivity contribution in [3.8, 4) is 0 Å². The van der Waals surface area contributed by atoms with Gasteiger partial charge in [0, 0.05) is 31.9 Å². The van der Waals surface area contributed by atoms with Crippen molar-refractivity contribution < 1.29 is 27.2 Å². The number of alkyl halides is 3. The van der Waals surface area contributed by atoms with Crippen LogP contribution in [0.15, 0.2) is 24.3 Å². The summed E-state index contributed by atoms with van der Waals surface area (Å²) in [4.78, 5) is 25.6. The van der Waals surface area contributed by atoms with Crippen LogP contribution in [-0.2, 0) is 9.59 Å². The minimum atomic E-state index is -4.98. The summed E-state index contributed by atoms with van der Waals surface area (Å²) < 4.78 is 49.2. The van der Waals surface area contributed by atoms with E-state index in [0.29, 0.717) is 13.1 Å². The van der Waals surface area contributed by atoms with Crippen LogP contribution < -0.4 is 4.90 Å². The van der Waals surface area contributed by atoms with Crippen molar-refractivity contribution in [2.45, 2.75) is 12.6 Å². The van der Waals surface area contributed by atoms with E-state index in [0.717, 1.165) is 5.69 Å². The maximum atomic E-state index is 12.8. The van der Waals surface area contributed by atoms with Gasteiger partial charge in [-0.15, -0.1) is 0 Å². The van der Waals surface area contributed by atoms with Gasteiger partial charge in [-0.1, -0.05) is 0 Å². The summed E-state index contributed by atoms with van der Waals surface area (Å²) >= 11 is 0. The van der Waals surface area contributed by atoms with Crippen LogP contribution in [0.5, 0.6) is 0 Å². The Labute approximate surface area is 124 Å². The molecule has 22 heavy (non-hydrogen) atoms. The Kier molecular flexibility index (Phi) is 4.68. The van der Waals surface area contributed by atoms with Crippen LogP contribution in [0.4, 0.5) is 23.2 Å². The van der Waals surface area contributed by atoms with Crippen molar-refractivity contribution in [2.24, 2.45) is 0 Å². The Hall–Kier alpha value is -2.12. The maximum absolute atomic E-state index is 12.8. The molecule has 8 heteroatoms. The van der Waals surface area contributed by atoms with Gasteiger partial charge in [-0.05, 0) is 24.3 Å². The van der Waals surface area contributed by atoms with Crippen LogP contribution in [0.3, 0.4) is 0 Å². The molecular formula is C14H14F4N2O2. The van der Waals surface area contributed by atoms with Crippen LogP contribution >= 0.6 is 0 Å².